The summed E-state index contributed by atoms with van der Waals surface area (Å²) in [4.78, 5) is 6.70. The molecule has 0 aliphatic rings. The molecule has 0 aliphatic heterocycles. The number of anilines is 1. The highest BCUT2D eigenvalue weighted by Crippen LogP contribution is 2.06. The number of hydrogen-bond donors (Lipinski definition) is 1. The Morgan fingerprint density at radius 2 is 1.74 bits per heavy atom. The van der Waals surface area contributed by atoms with Gasteiger partial charge in [-0.2, -0.15) is 0 Å². The minimum atomic E-state index is 0.627. The van der Waals surface area contributed by atoms with Gasteiger partial charge in [-0.05, 0) is 29.5 Å². The first-order valence-corrected chi connectivity index (χ1v) is 5.75. The molecule has 2 aromatic heterocycles. The van der Waals surface area contributed by atoms with Gasteiger partial charge >= 0.3 is 0 Å². The number of para-hydroxylation sites is 1. The van der Waals surface area contributed by atoms with Gasteiger partial charge < -0.3 is 10.1 Å². The van der Waals surface area contributed by atoms with Crippen LogP contribution in [0.1, 0.15) is 0 Å². The minimum absolute atomic E-state index is 0.627. The maximum atomic E-state index is 8.95. The largest absolute Gasteiger partial charge is 0.410 e. The lowest BCUT2D eigenvalue weighted by Gasteiger charge is -2.10. The third-order valence-electron chi connectivity index (χ3n) is 2.51. The number of benzene rings is 1. The quantitative estimate of drug-likeness (QED) is 0.673. The molecule has 0 saturated heterocycles. The van der Waals surface area contributed by atoms with Gasteiger partial charge in [-0.1, -0.05) is 17.0 Å². The zero-order chi connectivity index (χ0) is 13.7. The first-order valence-electron chi connectivity index (χ1n) is 5.75. The fourth-order valence-electron chi connectivity index (χ4n) is 1.50. The maximum Gasteiger partial charge on any atom is 0.130 e. The highest BCUT2D eigenvalue weighted by atomic mass is 16.5. The van der Waals surface area contributed by atoms with Crippen molar-refractivity contribution in [2.75, 3.05) is 19.0 Å². The molecule has 3 rings (SSSR count). The van der Waals surface area contributed by atoms with Crippen molar-refractivity contribution < 1.29 is 5.21 Å². The van der Waals surface area contributed by atoms with Crippen LogP contribution in [0.4, 0.5) is 5.69 Å². The zero-order valence-corrected chi connectivity index (χ0v) is 10.8. The smallest absolute Gasteiger partial charge is 0.130 e. The molecule has 0 amide bonds. The van der Waals surface area contributed by atoms with Crippen molar-refractivity contribution in [1.82, 2.24) is 20.1 Å². The molecule has 0 fully saturated rings. The van der Waals surface area contributed by atoms with Crippen LogP contribution in [0.25, 0.3) is 11.0 Å². The molecular weight excluding hydrogens is 242 g/mol. The summed E-state index contributed by atoms with van der Waals surface area (Å²) in [6, 6.07) is 11.1. The van der Waals surface area contributed by atoms with E-state index in [-0.39, 0.29) is 0 Å². The SMILES string of the molecule is CN(C)c1ccncc1.On1nnc2ccccc21. The van der Waals surface area contributed by atoms with Crippen molar-refractivity contribution in [3.05, 3.63) is 48.8 Å². The van der Waals surface area contributed by atoms with Gasteiger partial charge in [0.15, 0.2) is 0 Å². The third kappa shape index (κ3) is 3.19. The molecule has 0 spiro atoms. The number of pyridine rings is 1. The summed E-state index contributed by atoms with van der Waals surface area (Å²) in [7, 11) is 4.02. The molecule has 0 radical (unpaired) electrons. The fraction of sp³-hybridized carbons (Fsp3) is 0.154. The van der Waals surface area contributed by atoms with Crippen molar-refractivity contribution in [2.45, 2.75) is 0 Å². The van der Waals surface area contributed by atoms with Crippen LogP contribution in [-0.2, 0) is 0 Å². The average molecular weight is 257 g/mol. The second kappa shape index (κ2) is 5.81. The summed E-state index contributed by atoms with van der Waals surface area (Å²) in [6.07, 6.45) is 3.57. The van der Waals surface area contributed by atoms with Crippen molar-refractivity contribution >= 4 is 16.7 Å². The highest BCUT2D eigenvalue weighted by Gasteiger charge is 1.98. The number of nitrogens with zero attached hydrogens (tertiary/aromatic N) is 5. The van der Waals surface area contributed by atoms with Crippen LogP contribution >= 0.6 is 0 Å². The summed E-state index contributed by atoms with van der Waals surface area (Å²) in [5, 5.41) is 16.1. The Labute approximate surface area is 110 Å². The summed E-state index contributed by atoms with van der Waals surface area (Å²) in [5.41, 5.74) is 2.51. The van der Waals surface area contributed by atoms with E-state index in [0.29, 0.717) is 11.0 Å². The van der Waals surface area contributed by atoms with E-state index < -0.39 is 0 Å². The predicted octanol–water partition coefficient (Wildman–Crippen LogP) is 1.82. The van der Waals surface area contributed by atoms with E-state index >= 15 is 0 Å². The molecule has 98 valence electrons. The molecule has 0 saturated carbocycles. The van der Waals surface area contributed by atoms with Crippen molar-refractivity contribution in [3.63, 3.8) is 0 Å². The molecule has 0 atom stereocenters. The van der Waals surface area contributed by atoms with E-state index in [0.717, 1.165) is 4.85 Å². The Bertz CT molecular complexity index is 636. The predicted molar refractivity (Wildman–Crippen MR) is 73.3 cm³/mol. The van der Waals surface area contributed by atoms with Gasteiger partial charge in [0, 0.05) is 32.2 Å². The lowest BCUT2D eigenvalue weighted by Crippen LogP contribution is -2.07. The van der Waals surface area contributed by atoms with Crippen LogP contribution in [0, 0.1) is 0 Å². The first-order chi connectivity index (χ1) is 9.18. The summed E-state index contributed by atoms with van der Waals surface area (Å²) < 4.78 is 0. The second-order valence-corrected chi connectivity index (χ2v) is 4.07. The normalized spacial score (nSPS) is 9.79. The van der Waals surface area contributed by atoms with Crippen LogP contribution < -0.4 is 4.90 Å². The third-order valence-corrected chi connectivity index (χ3v) is 2.51. The van der Waals surface area contributed by atoms with Gasteiger partial charge in [0.05, 0.1) is 0 Å². The monoisotopic (exact) mass is 257 g/mol. The van der Waals surface area contributed by atoms with E-state index in [1.54, 1.807) is 24.5 Å². The molecule has 19 heavy (non-hydrogen) atoms. The Kier molecular flexibility index (Phi) is 3.92. The van der Waals surface area contributed by atoms with E-state index in [1.165, 1.54) is 5.69 Å². The maximum absolute atomic E-state index is 8.95. The van der Waals surface area contributed by atoms with Gasteiger partial charge in [-0.3, -0.25) is 4.98 Å². The zero-order valence-electron chi connectivity index (χ0n) is 10.8. The van der Waals surface area contributed by atoms with Crippen LogP contribution in [0.3, 0.4) is 0 Å². The van der Waals surface area contributed by atoms with Crippen molar-refractivity contribution in [3.8, 4) is 0 Å². The number of hydrogen-bond acceptors (Lipinski definition) is 5. The molecule has 6 heteroatoms. The second-order valence-electron chi connectivity index (χ2n) is 4.07. The van der Waals surface area contributed by atoms with Gasteiger partial charge in [0.1, 0.15) is 11.0 Å². The van der Waals surface area contributed by atoms with Crippen LogP contribution in [0.2, 0.25) is 0 Å². The fourth-order valence-corrected chi connectivity index (χ4v) is 1.50. The van der Waals surface area contributed by atoms with Gasteiger partial charge in [-0.25, -0.2) is 0 Å². The number of fused-ring (bicyclic) bond motifs is 1. The number of aromatic nitrogens is 4. The van der Waals surface area contributed by atoms with Crippen LogP contribution in [-0.4, -0.2) is 39.4 Å². The summed E-state index contributed by atoms with van der Waals surface area (Å²) >= 11 is 0. The van der Waals surface area contributed by atoms with E-state index in [9.17, 15) is 0 Å². The molecule has 6 nitrogen and oxygen atoms in total. The van der Waals surface area contributed by atoms with E-state index in [1.807, 2.05) is 43.3 Å². The molecule has 1 aromatic carbocycles. The summed E-state index contributed by atoms with van der Waals surface area (Å²) in [5.74, 6) is 0. The van der Waals surface area contributed by atoms with Crippen molar-refractivity contribution in [2.24, 2.45) is 0 Å². The van der Waals surface area contributed by atoms with Gasteiger partial charge in [0.25, 0.3) is 0 Å². The molecule has 0 bridgehead atoms. The summed E-state index contributed by atoms with van der Waals surface area (Å²) in [6.45, 7) is 0. The molecular formula is C13H15N5O. The lowest BCUT2D eigenvalue weighted by atomic mass is 10.3. The van der Waals surface area contributed by atoms with Gasteiger partial charge in [0.2, 0.25) is 0 Å². The topological polar surface area (TPSA) is 67.1 Å². The molecule has 0 unspecified atom stereocenters. The van der Waals surface area contributed by atoms with Crippen LogP contribution in [0.5, 0.6) is 0 Å². The van der Waals surface area contributed by atoms with Gasteiger partial charge in [-0.15, -0.1) is 5.10 Å². The Morgan fingerprint density at radius 3 is 2.32 bits per heavy atom. The molecule has 2 heterocycles. The lowest BCUT2D eigenvalue weighted by molar-refractivity contribution is 0.155. The number of rotatable bonds is 1. The average Bonchev–Trinajstić information content (AvgIpc) is 2.83. The molecule has 3 aromatic rings. The molecule has 0 aliphatic carbocycles. The van der Waals surface area contributed by atoms with E-state index in [2.05, 4.69) is 15.3 Å². The van der Waals surface area contributed by atoms with Crippen LogP contribution in [0.15, 0.2) is 48.8 Å². The Hall–Kier alpha value is -2.63. The highest BCUT2D eigenvalue weighted by molar-refractivity contribution is 5.73. The first kappa shape index (κ1) is 12.8. The standard InChI is InChI=1S/C7H10N2.C6H5N3O/c1-9(2)7-3-5-8-6-4-7;10-9-6-4-2-1-3-5(6)7-8-9/h3-6H,1-2H3;1-4,10H. The minimum Gasteiger partial charge on any atom is -0.410 e. The van der Waals surface area contributed by atoms with Crippen molar-refractivity contribution in [1.29, 1.82) is 0 Å². The Balaban J connectivity index is 0.000000141. The Morgan fingerprint density at radius 1 is 1.05 bits per heavy atom. The molecule has 1 N–H and O–H groups in total. The van der Waals surface area contributed by atoms with E-state index in [4.69, 9.17) is 5.21 Å².